The zero-order valence-corrected chi connectivity index (χ0v) is 14.0. The van der Waals surface area contributed by atoms with E-state index >= 15 is 0 Å². The van der Waals surface area contributed by atoms with Crippen molar-refractivity contribution in [2.24, 2.45) is 5.92 Å². The van der Waals surface area contributed by atoms with E-state index in [1.54, 1.807) is 0 Å². The van der Waals surface area contributed by atoms with Crippen LogP contribution in [0.2, 0.25) is 0 Å². The van der Waals surface area contributed by atoms with E-state index in [-0.39, 0.29) is 5.54 Å². The lowest BCUT2D eigenvalue weighted by Crippen LogP contribution is -2.52. The summed E-state index contributed by atoms with van der Waals surface area (Å²) < 4.78 is 0. The van der Waals surface area contributed by atoms with E-state index in [1.807, 2.05) is 0 Å². The van der Waals surface area contributed by atoms with Crippen LogP contribution >= 0.6 is 0 Å². The van der Waals surface area contributed by atoms with Gasteiger partial charge in [-0.1, -0.05) is 13.8 Å². The number of hydrogen-bond acceptors (Lipinski definition) is 3. The lowest BCUT2D eigenvalue weighted by atomic mass is 9.99. The van der Waals surface area contributed by atoms with E-state index in [2.05, 4.69) is 56.7 Å². The normalized spacial score (nSPS) is 22.4. The van der Waals surface area contributed by atoms with Gasteiger partial charge in [0.1, 0.15) is 0 Å². The monoisotopic (exact) mass is 269 g/mol. The molecule has 1 rings (SSSR count). The molecule has 2 atom stereocenters. The Morgan fingerprint density at radius 2 is 1.63 bits per heavy atom. The number of rotatable bonds is 6. The maximum Gasteiger partial charge on any atom is 0.0113 e. The van der Waals surface area contributed by atoms with E-state index in [4.69, 9.17) is 0 Å². The minimum absolute atomic E-state index is 0.230. The second kappa shape index (κ2) is 7.61. The highest BCUT2D eigenvalue weighted by Gasteiger charge is 2.24. The highest BCUT2D eigenvalue weighted by molar-refractivity contribution is 4.81. The van der Waals surface area contributed by atoms with E-state index in [0.717, 1.165) is 6.54 Å². The standard InChI is InChI=1S/C16H35N3/c1-7-8-18-9-11-19(12-10-18)15(3)14(2)13-17-16(4,5)6/h14-15,17H,7-13H2,1-6H3. The highest BCUT2D eigenvalue weighted by atomic mass is 15.3. The summed E-state index contributed by atoms with van der Waals surface area (Å²) in [6.45, 7) is 21.1. The summed E-state index contributed by atoms with van der Waals surface area (Å²) in [5.41, 5.74) is 0.230. The third-order valence-corrected chi connectivity index (χ3v) is 4.30. The van der Waals surface area contributed by atoms with Gasteiger partial charge in [-0.3, -0.25) is 4.90 Å². The molecular formula is C16H35N3. The summed E-state index contributed by atoms with van der Waals surface area (Å²) in [4.78, 5) is 5.27. The molecule has 1 aliphatic rings. The summed E-state index contributed by atoms with van der Waals surface area (Å²) in [5.74, 6) is 0.706. The molecule has 0 bridgehead atoms. The summed E-state index contributed by atoms with van der Waals surface area (Å²) in [7, 11) is 0. The van der Waals surface area contributed by atoms with Gasteiger partial charge in [-0.05, 0) is 53.1 Å². The van der Waals surface area contributed by atoms with E-state index < -0.39 is 0 Å². The molecular weight excluding hydrogens is 234 g/mol. The molecule has 0 aromatic heterocycles. The van der Waals surface area contributed by atoms with Crippen LogP contribution in [0.4, 0.5) is 0 Å². The van der Waals surface area contributed by atoms with Crippen LogP contribution in [0.5, 0.6) is 0 Å². The molecule has 0 aliphatic carbocycles. The van der Waals surface area contributed by atoms with Gasteiger partial charge in [0.15, 0.2) is 0 Å². The smallest absolute Gasteiger partial charge is 0.0113 e. The SMILES string of the molecule is CCCN1CCN(C(C)C(C)CNC(C)(C)C)CC1. The molecule has 1 aliphatic heterocycles. The van der Waals surface area contributed by atoms with Crippen LogP contribution in [0.1, 0.15) is 48.0 Å². The Kier molecular flexibility index (Phi) is 6.78. The molecule has 3 nitrogen and oxygen atoms in total. The average Bonchev–Trinajstić information content (AvgIpc) is 2.35. The fourth-order valence-corrected chi connectivity index (χ4v) is 2.71. The minimum atomic E-state index is 0.230. The number of nitrogens with zero attached hydrogens (tertiary/aromatic N) is 2. The lowest BCUT2D eigenvalue weighted by Gasteiger charge is -2.40. The van der Waals surface area contributed by atoms with Crippen molar-refractivity contribution < 1.29 is 0 Å². The van der Waals surface area contributed by atoms with E-state index in [9.17, 15) is 0 Å². The molecule has 0 spiro atoms. The Morgan fingerprint density at radius 3 is 2.11 bits per heavy atom. The molecule has 0 radical (unpaired) electrons. The van der Waals surface area contributed by atoms with Gasteiger partial charge in [-0.2, -0.15) is 0 Å². The first-order chi connectivity index (χ1) is 8.83. The van der Waals surface area contributed by atoms with Gasteiger partial charge in [-0.15, -0.1) is 0 Å². The van der Waals surface area contributed by atoms with Crippen molar-refractivity contribution in [3.8, 4) is 0 Å². The molecule has 1 N–H and O–H groups in total. The molecule has 0 saturated carbocycles. The molecule has 0 amide bonds. The summed E-state index contributed by atoms with van der Waals surface area (Å²) in [6.07, 6.45) is 1.28. The first-order valence-corrected chi connectivity index (χ1v) is 8.05. The Balaban J connectivity index is 2.31. The van der Waals surface area contributed by atoms with Crippen molar-refractivity contribution >= 4 is 0 Å². The van der Waals surface area contributed by atoms with Crippen LogP contribution in [0.3, 0.4) is 0 Å². The molecule has 0 aromatic rings. The van der Waals surface area contributed by atoms with Gasteiger partial charge in [0.2, 0.25) is 0 Å². The Morgan fingerprint density at radius 1 is 1.05 bits per heavy atom. The van der Waals surface area contributed by atoms with Crippen molar-refractivity contribution in [1.82, 2.24) is 15.1 Å². The minimum Gasteiger partial charge on any atom is -0.312 e. The number of nitrogens with one attached hydrogen (secondary N) is 1. The zero-order valence-electron chi connectivity index (χ0n) is 14.0. The van der Waals surface area contributed by atoms with Crippen molar-refractivity contribution in [3.63, 3.8) is 0 Å². The highest BCUT2D eigenvalue weighted by Crippen LogP contribution is 2.14. The van der Waals surface area contributed by atoms with E-state index in [1.165, 1.54) is 39.1 Å². The quantitative estimate of drug-likeness (QED) is 0.799. The maximum atomic E-state index is 3.63. The van der Waals surface area contributed by atoms with Crippen molar-refractivity contribution in [2.45, 2.75) is 59.5 Å². The number of hydrogen-bond donors (Lipinski definition) is 1. The summed E-state index contributed by atoms with van der Waals surface area (Å²) in [5, 5.41) is 3.63. The topological polar surface area (TPSA) is 18.5 Å². The molecule has 1 fully saturated rings. The first kappa shape index (κ1) is 16.9. The Hall–Kier alpha value is -0.120. The summed E-state index contributed by atoms with van der Waals surface area (Å²) in [6, 6.07) is 0.679. The molecule has 1 saturated heterocycles. The van der Waals surface area contributed by atoms with Crippen LogP contribution < -0.4 is 5.32 Å². The van der Waals surface area contributed by atoms with Gasteiger partial charge in [0.05, 0.1) is 0 Å². The predicted octanol–water partition coefficient (Wildman–Crippen LogP) is 2.43. The van der Waals surface area contributed by atoms with Crippen molar-refractivity contribution in [1.29, 1.82) is 0 Å². The van der Waals surface area contributed by atoms with Crippen LogP contribution in [-0.4, -0.2) is 60.6 Å². The fourth-order valence-electron chi connectivity index (χ4n) is 2.71. The third kappa shape index (κ3) is 6.24. The average molecular weight is 269 g/mol. The molecule has 2 unspecified atom stereocenters. The van der Waals surface area contributed by atoms with Crippen molar-refractivity contribution in [3.05, 3.63) is 0 Å². The predicted molar refractivity (Wildman–Crippen MR) is 84.7 cm³/mol. The van der Waals surface area contributed by atoms with Crippen LogP contribution in [0.15, 0.2) is 0 Å². The number of piperazine rings is 1. The van der Waals surface area contributed by atoms with Gasteiger partial charge < -0.3 is 10.2 Å². The summed E-state index contributed by atoms with van der Waals surface area (Å²) >= 11 is 0. The van der Waals surface area contributed by atoms with Gasteiger partial charge in [0.25, 0.3) is 0 Å². The Bertz CT molecular complexity index is 239. The second-order valence-corrected chi connectivity index (χ2v) is 7.23. The van der Waals surface area contributed by atoms with Crippen LogP contribution in [0.25, 0.3) is 0 Å². The van der Waals surface area contributed by atoms with Crippen molar-refractivity contribution in [2.75, 3.05) is 39.3 Å². The largest absolute Gasteiger partial charge is 0.312 e. The van der Waals surface area contributed by atoms with Gasteiger partial charge in [0, 0.05) is 37.8 Å². The third-order valence-electron chi connectivity index (χ3n) is 4.30. The Labute approximate surface area is 120 Å². The first-order valence-electron chi connectivity index (χ1n) is 8.05. The second-order valence-electron chi connectivity index (χ2n) is 7.23. The van der Waals surface area contributed by atoms with E-state index in [0.29, 0.717) is 12.0 Å². The molecule has 3 heteroatoms. The van der Waals surface area contributed by atoms with Gasteiger partial charge in [-0.25, -0.2) is 0 Å². The molecule has 114 valence electrons. The molecule has 19 heavy (non-hydrogen) atoms. The maximum absolute atomic E-state index is 3.63. The molecule has 1 heterocycles. The lowest BCUT2D eigenvalue weighted by molar-refractivity contribution is 0.0791. The van der Waals surface area contributed by atoms with Gasteiger partial charge >= 0.3 is 0 Å². The van der Waals surface area contributed by atoms with Crippen LogP contribution in [0, 0.1) is 5.92 Å². The van der Waals surface area contributed by atoms with Crippen LogP contribution in [-0.2, 0) is 0 Å². The zero-order chi connectivity index (χ0) is 14.5. The fraction of sp³-hybridized carbons (Fsp3) is 1.00. The molecule has 0 aromatic carbocycles.